The molecule has 9 rings (SSSR count). The highest BCUT2D eigenvalue weighted by atomic mass is 31.2. The molecule has 0 radical (unpaired) electrons. The van der Waals surface area contributed by atoms with Gasteiger partial charge in [-0.2, -0.15) is 8.78 Å². The van der Waals surface area contributed by atoms with E-state index in [0.29, 0.717) is 31.2 Å². The van der Waals surface area contributed by atoms with Gasteiger partial charge in [0.2, 0.25) is 41.4 Å². The molecule has 1 aromatic heterocycles. The number of imide groups is 1. The molecule has 0 saturated carbocycles. The maximum atomic E-state index is 15.0. The van der Waals surface area contributed by atoms with Crippen molar-refractivity contribution < 1.29 is 66.3 Å². The topological polar surface area (TPSA) is 311 Å². The summed E-state index contributed by atoms with van der Waals surface area (Å²) in [5.41, 5.74) is 3.89. The molecule has 438 valence electrons. The van der Waals surface area contributed by atoms with Gasteiger partial charge in [0.1, 0.15) is 29.9 Å². The Morgan fingerprint density at radius 2 is 1.49 bits per heavy atom. The van der Waals surface area contributed by atoms with Crippen LogP contribution in [0.4, 0.5) is 8.78 Å². The lowest BCUT2D eigenvalue weighted by Crippen LogP contribution is -2.62. The van der Waals surface area contributed by atoms with Crippen molar-refractivity contribution in [3.05, 3.63) is 142 Å². The average molecular weight is 1160 g/mol. The lowest BCUT2D eigenvalue weighted by Gasteiger charge is -2.39. The van der Waals surface area contributed by atoms with Crippen LogP contribution in [0.15, 0.2) is 103 Å². The zero-order chi connectivity index (χ0) is 59.2. The van der Waals surface area contributed by atoms with Gasteiger partial charge < -0.3 is 51.2 Å². The number of aromatic nitrogens is 1. The molecule has 0 aliphatic carbocycles. The third-order valence-electron chi connectivity index (χ3n) is 16.1. The Bertz CT molecular complexity index is 3320. The zero-order valence-corrected chi connectivity index (χ0v) is 46.3. The van der Waals surface area contributed by atoms with Gasteiger partial charge in [0.25, 0.3) is 11.8 Å². The molecule has 0 spiro atoms. The lowest BCUT2D eigenvalue weighted by atomic mass is 9.98. The number of alkyl halides is 2. The van der Waals surface area contributed by atoms with Gasteiger partial charge in [-0.3, -0.25) is 53.0 Å². The van der Waals surface area contributed by atoms with E-state index >= 15 is 4.79 Å². The number of halogens is 2. The second kappa shape index (κ2) is 25.6. The van der Waals surface area contributed by atoms with E-state index in [1.807, 2.05) is 72.8 Å². The van der Waals surface area contributed by atoms with Crippen LogP contribution in [0.3, 0.4) is 0 Å². The van der Waals surface area contributed by atoms with E-state index in [2.05, 4.69) is 26.3 Å². The van der Waals surface area contributed by atoms with Gasteiger partial charge in [0.15, 0.2) is 0 Å². The Kier molecular flexibility index (Phi) is 18.3. The number of piperidine rings is 1. The van der Waals surface area contributed by atoms with Gasteiger partial charge in [-0.1, -0.05) is 98.1 Å². The van der Waals surface area contributed by atoms with Gasteiger partial charge in [-0.15, -0.1) is 0 Å². The van der Waals surface area contributed by atoms with Gasteiger partial charge in [-0.25, -0.2) is 0 Å². The number of nitrogens with one attached hydrogen (secondary N) is 5. The van der Waals surface area contributed by atoms with Crippen molar-refractivity contribution in [2.24, 2.45) is 5.73 Å². The largest absolute Gasteiger partial charge is 0.399 e. The first-order chi connectivity index (χ1) is 39.7. The summed E-state index contributed by atoms with van der Waals surface area (Å²) < 4.78 is 41.2. The van der Waals surface area contributed by atoms with E-state index in [1.54, 1.807) is 6.07 Å². The molecule has 1 unspecified atom stereocenters. The van der Waals surface area contributed by atoms with Gasteiger partial charge in [-0.05, 0) is 97.9 Å². The molecular formula is C59H66F2N9O12P. The highest BCUT2D eigenvalue weighted by Gasteiger charge is 2.51. The highest BCUT2D eigenvalue weighted by molar-refractivity contribution is 7.52. The Balaban J connectivity index is 0.871. The Hall–Kier alpha value is -8.14. The number of primary amides is 1. The van der Waals surface area contributed by atoms with Gasteiger partial charge in [0, 0.05) is 67.0 Å². The second-order valence-electron chi connectivity index (χ2n) is 21.7. The van der Waals surface area contributed by atoms with Crippen molar-refractivity contribution in [2.75, 3.05) is 13.1 Å². The number of amides is 9. The van der Waals surface area contributed by atoms with Crippen molar-refractivity contribution in [3.63, 3.8) is 0 Å². The molecule has 83 heavy (non-hydrogen) atoms. The fraction of sp³-hybridized carbons (Fsp3) is 0.407. The molecule has 21 nitrogen and oxygen atoms in total. The molecule has 5 heterocycles. The minimum atomic E-state index is -5.93. The second-order valence-corrected chi connectivity index (χ2v) is 23.3. The number of H-pyrrole nitrogens is 1. The third kappa shape index (κ3) is 13.5. The van der Waals surface area contributed by atoms with E-state index in [9.17, 15) is 61.5 Å². The van der Waals surface area contributed by atoms with Gasteiger partial charge in [0.05, 0.1) is 6.04 Å². The predicted molar refractivity (Wildman–Crippen MR) is 297 cm³/mol. The predicted octanol–water partition coefficient (Wildman–Crippen LogP) is 5.09. The van der Waals surface area contributed by atoms with Crippen LogP contribution in [0.5, 0.6) is 0 Å². The third-order valence-corrected chi connectivity index (χ3v) is 17.1. The molecule has 24 heteroatoms. The maximum absolute atomic E-state index is 15.0. The van der Waals surface area contributed by atoms with Crippen LogP contribution < -0.4 is 27.0 Å². The van der Waals surface area contributed by atoms with Gasteiger partial charge >= 0.3 is 13.3 Å². The summed E-state index contributed by atoms with van der Waals surface area (Å²) in [5.74, 6) is -4.96. The smallest absolute Gasteiger partial charge is 0.370 e. The number of fused-ring (bicyclic) bond motifs is 3. The fourth-order valence-electron chi connectivity index (χ4n) is 11.7. The number of hydrogen-bond donors (Lipinski definition) is 8. The van der Waals surface area contributed by atoms with E-state index in [1.165, 1.54) is 20.8 Å². The summed E-state index contributed by atoms with van der Waals surface area (Å²) in [6.07, 6.45) is 5.15. The first-order valence-electron chi connectivity index (χ1n) is 27.9. The minimum Gasteiger partial charge on any atom is -0.370 e. The van der Waals surface area contributed by atoms with Crippen molar-refractivity contribution >= 4 is 71.7 Å². The highest BCUT2D eigenvalue weighted by Crippen LogP contribution is 2.59. The van der Waals surface area contributed by atoms with Crippen LogP contribution in [0.2, 0.25) is 0 Å². The van der Waals surface area contributed by atoms with Crippen molar-refractivity contribution in [1.82, 2.24) is 41.0 Å². The lowest BCUT2D eigenvalue weighted by molar-refractivity contribution is -0.145. The van der Waals surface area contributed by atoms with Crippen molar-refractivity contribution in [1.29, 1.82) is 0 Å². The summed E-state index contributed by atoms with van der Waals surface area (Å²) in [6, 6.07) is 21.9. The minimum absolute atomic E-state index is 0.00475. The summed E-state index contributed by atoms with van der Waals surface area (Å²) in [6.45, 7) is 0.115. The molecule has 0 bridgehead atoms. The summed E-state index contributed by atoms with van der Waals surface area (Å²) in [4.78, 5) is 148. The first-order valence-corrected chi connectivity index (χ1v) is 29.5. The molecule has 9 N–H and O–H groups in total. The molecule has 5 aromatic rings. The number of aromatic amines is 1. The van der Waals surface area contributed by atoms with Crippen LogP contribution in [-0.4, -0.2) is 126 Å². The van der Waals surface area contributed by atoms with E-state index in [0.717, 1.165) is 59.7 Å². The Labute approximate surface area is 476 Å². The van der Waals surface area contributed by atoms with Crippen LogP contribution in [-0.2, 0) is 56.8 Å². The number of hydrogen-bond acceptors (Lipinski definition) is 10. The summed E-state index contributed by atoms with van der Waals surface area (Å²) >= 11 is 0. The van der Waals surface area contributed by atoms with Crippen LogP contribution >= 0.6 is 7.60 Å². The summed E-state index contributed by atoms with van der Waals surface area (Å²) in [5, 5.41) is 10.8. The molecule has 5 atom stereocenters. The first kappa shape index (κ1) is 59.5. The Morgan fingerprint density at radius 3 is 2.18 bits per heavy atom. The monoisotopic (exact) mass is 1160 g/mol. The molecule has 9 amide bonds. The number of rotatable bonds is 22. The van der Waals surface area contributed by atoms with Crippen molar-refractivity contribution in [2.45, 2.75) is 138 Å². The Morgan fingerprint density at radius 1 is 0.795 bits per heavy atom. The van der Waals surface area contributed by atoms with Crippen LogP contribution in [0, 0.1) is 0 Å². The molecule has 4 aromatic carbocycles. The zero-order valence-electron chi connectivity index (χ0n) is 45.4. The number of carbonyl (C=O) groups is 9. The number of nitrogens with two attached hydrogens (primary N) is 1. The average Bonchev–Trinajstić information content (AvgIpc) is 4.43. The van der Waals surface area contributed by atoms with E-state index in [-0.39, 0.29) is 98.9 Å². The van der Waals surface area contributed by atoms with Crippen LogP contribution in [0.1, 0.15) is 138 Å². The number of unbranched alkanes of at least 4 members (excludes halogenated alkanes) is 4. The SMILES string of the molecule is NC(=O)CC[C@H](NC(=O)[C@@H]1CC[C@@H]2CCN(C(=O)CCCCCCCc3cccc4c3CN(C3CCC(=O)NC3=O)C4=O)C[C@H](NC(=O)c3cc4cc(C(F)(F)P(=O)(O)O)ccc4[nH]3)C(=O)N21)C(=O)NC(c1ccccc1)c1ccccc1. The summed E-state index contributed by atoms with van der Waals surface area (Å²) in [7, 11) is -5.93. The number of carbonyl (C=O) groups excluding carboxylic acids is 9. The number of nitrogens with zero attached hydrogens (tertiary/aromatic N) is 3. The number of benzene rings is 4. The molecule has 3 saturated heterocycles. The molecule has 4 aliphatic heterocycles. The fourth-order valence-corrected chi connectivity index (χ4v) is 12.2. The quantitative estimate of drug-likeness (QED) is 0.0256. The van der Waals surface area contributed by atoms with E-state index in [4.69, 9.17) is 5.73 Å². The number of aryl methyl sites for hydroxylation is 1. The molecule has 4 aliphatic rings. The molecular weight excluding hydrogens is 1100 g/mol. The normalized spacial score (nSPS) is 19.7. The maximum Gasteiger partial charge on any atom is 0.399 e. The van der Waals surface area contributed by atoms with Crippen LogP contribution in [0.25, 0.3) is 10.9 Å². The molecule has 3 fully saturated rings. The standard InChI is InChI=1S/C59H66F2N9O12P/c60-59(61,83(80,81)82)39-21-23-43-38(31-39)32-45(63-43)54(75)65-46-34-68(51(73)20-11-3-1-2-6-13-35-18-12-19-41-42(35)33-69(57(41)78)47-26-28-50(72)66-55(47)76)30-29-40-22-25-48(70(40)58(46)79)56(77)64-44(24-27-49(62)71)53(74)67-52(36-14-7-4-8-15-36)37-16-9-5-10-17-37/h4-5,7-10,12,14-19,21,23,31-32,40,44,46-48,52,63H,1-3,6,11,13,20,22,24-30,33-34H2,(H2,62,71)(H,64,77)(H,65,75)(H,67,74)(H,66,72,76)(H2,80,81,82)/t40-,44+,46+,47?,48+/m1/s1. The van der Waals surface area contributed by atoms with E-state index < -0.39 is 90.5 Å². The van der Waals surface area contributed by atoms with Crippen molar-refractivity contribution in [3.8, 4) is 0 Å².